The Hall–Kier alpha value is -1.84. The lowest BCUT2D eigenvalue weighted by atomic mass is 10.2. The summed E-state index contributed by atoms with van der Waals surface area (Å²) in [4.78, 5) is 0. The van der Waals surface area contributed by atoms with E-state index < -0.39 is 8.32 Å². The van der Waals surface area contributed by atoms with E-state index in [2.05, 4.69) is 88.0 Å². The van der Waals surface area contributed by atoms with Crippen LogP contribution in [0.15, 0.2) is 73.0 Å². The van der Waals surface area contributed by atoms with Crippen LogP contribution in [0.25, 0.3) is 0 Å². The van der Waals surface area contributed by atoms with Crippen molar-refractivity contribution in [1.82, 2.24) is 0 Å². The van der Waals surface area contributed by atoms with Gasteiger partial charge in [-0.25, -0.2) is 0 Å². The van der Waals surface area contributed by atoms with Crippen LogP contribution in [0.3, 0.4) is 0 Å². The molecule has 0 saturated heterocycles. The fourth-order valence-electron chi connectivity index (χ4n) is 3.17. The van der Waals surface area contributed by atoms with Crippen molar-refractivity contribution in [3.63, 3.8) is 0 Å². The van der Waals surface area contributed by atoms with Gasteiger partial charge in [-0.2, -0.15) is 0 Å². The van der Waals surface area contributed by atoms with Gasteiger partial charge in [0.15, 0.2) is 0 Å². The lowest BCUT2D eigenvalue weighted by Gasteiger charge is -2.43. The van der Waals surface area contributed by atoms with Crippen molar-refractivity contribution in [2.75, 3.05) is 13.2 Å². The van der Waals surface area contributed by atoms with Gasteiger partial charge in [-0.3, -0.25) is 0 Å². The fraction of sp³-hybridized carbons (Fsp3) is 0.333. The standard InChI is InChI=1S/C21H28O2Si/c1-18(2)22-16-17-23-24(21(3,4)5,19-12-8-6-9-13-19)20-14-10-7-11-15-20/h6-15H,1,16-17H2,2-5H3. The van der Waals surface area contributed by atoms with Crippen molar-refractivity contribution in [2.45, 2.75) is 32.7 Å². The van der Waals surface area contributed by atoms with Crippen molar-refractivity contribution in [3.8, 4) is 0 Å². The summed E-state index contributed by atoms with van der Waals surface area (Å²) in [6, 6.07) is 21.3. The van der Waals surface area contributed by atoms with Crippen LogP contribution in [0.4, 0.5) is 0 Å². The molecule has 0 aromatic heterocycles. The summed E-state index contributed by atoms with van der Waals surface area (Å²) >= 11 is 0. The van der Waals surface area contributed by atoms with E-state index in [4.69, 9.17) is 9.16 Å². The van der Waals surface area contributed by atoms with Crippen LogP contribution in [0.2, 0.25) is 5.04 Å². The SMILES string of the molecule is C=C(C)OCCO[Si](c1ccccc1)(c1ccccc1)C(C)(C)C. The normalized spacial score (nSPS) is 12.0. The van der Waals surface area contributed by atoms with E-state index >= 15 is 0 Å². The molecule has 0 spiro atoms. The molecule has 0 aliphatic rings. The third-order valence-corrected chi connectivity index (χ3v) is 9.21. The van der Waals surface area contributed by atoms with Crippen molar-refractivity contribution < 1.29 is 9.16 Å². The molecular weight excluding hydrogens is 312 g/mol. The summed E-state index contributed by atoms with van der Waals surface area (Å²) in [5.74, 6) is 0.723. The summed E-state index contributed by atoms with van der Waals surface area (Å²) in [6.07, 6.45) is 0. The zero-order chi connectivity index (χ0) is 17.6. The molecule has 0 aliphatic heterocycles. The molecule has 2 aromatic carbocycles. The van der Waals surface area contributed by atoms with Gasteiger partial charge in [0.25, 0.3) is 8.32 Å². The average molecular weight is 341 g/mol. The number of benzene rings is 2. The van der Waals surface area contributed by atoms with Gasteiger partial charge in [0.05, 0.1) is 12.4 Å². The molecule has 0 heterocycles. The monoisotopic (exact) mass is 340 g/mol. The smallest absolute Gasteiger partial charge is 0.261 e. The van der Waals surface area contributed by atoms with Crippen LogP contribution in [0.1, 0.15) is 27.7 Å². The molecule has 2 rings (SSSR count). The summed E-state index contributed by atoms with van der Waals surface area (Å²) in [6.45, 7) is 13.6. The van der Waals surface area contributed by atoms with E-state index in [0.29, 0.717) is 13.2 Å². The molecule has 24 heavy (non-hydrogen) atoms. The minimum atomic E-state index is -2.43. The third-order valence-electron chi connectivity index (χ3n) is 4.17. The molecule has 128 valence electrons. The van der Waals surface area contributed by atoms with Crippen LogP contribution in [-0.4, -0.2) is 21.5 Å². The van der Waals surface area contributed by atoms with Crippen LogP contribution in [0.5, 0.6) is 0 Å². The zero-order valence-corrected chi connectivity index (χ0v) is 16.2. The van der Waals surface area contributed by atoms with Crippen LogP contribution in [0, 0.1) is 0 Å². The molecule has 0 radical (unpaired) electrons. The van der Waals surface area contributed by atoms with Gasteiger partial charge in [0.2, 0.25) is 0 Å². The maximum atomic E-state index is 6.69. The van der Waals surface area contributed by atoms with E-state index in [1.165, 1.54) is 10.4 Å². The predicted octanol–water partition coefficient (Wildman–Crippen LogP) is 4.11. The second-order valence-electron chi connectivity index (χ2n) is 7.06. The van der Waals surface area contributed by atoms with Crippen LogP contribution >= 0.6 is 0 Å². The first kappa shape index (κ1) is 18.5. The van der Waals surface area contributed by atoms with Crippen molar-refractivity contribution in [2.24, 2.45) is 0 Å². The first-order valence-electron chi connectivity index (χ1n) is 8.41. The maximum Gasteiger partial charge on any atom is 0.261 e. The van der Waals surface area contributed by atoms with Crippen molar-refractivity contribution in [3.05, 3.63) is 73.0 Å². The van der Waals surface area contributed by atoms with E-state index in [9.17, 15) is 0 Å². The van der Waals surface area contributed by atoms with Gasteiger partial charge >= 0.3 is 0 Å². The molecule has 0 bridgehead atoms. The summed E-state index contributed by atoms with van der Waals surface area (Å²) in [5.41, 5.74) is 0. The predicted molar refractivity (Wildman–Crippen MR) is 104 cm³/mol. The summed E-state index contributed by atoms with van der Waals surface area (Å²) in [5, 5.41) is 2.58. The van der Waals surface area contributed by atoms with Gasteiger partial charge in [-0.05, 0) is 22.3 Å². The minimum absolute atomic E-state index is 0.00106. The van der Waals surface area contributed by atoms with E-state index in [-0.39, 0.29) is 5.04 Å². The lowest BCUT2D eigenvalue weighted by molar-refractivity contribution is 0.153. The molecule has 2 nitrogen and oxygen atoms in total. The first-order valence-corrected chi connectivity index (χ1v) is 10.3. The number of hydrogen-bond acceptors (Lipinski definition) is 2. The third kappa shape index (κ3) is 3.97. The second-order valence-corrected chi connectivity index (χ2v) is 11.4. The lowest BCUT2D eigenvalue weighted by Crippen LogP contribution is -2.66. The highest BCUT2D eigenvalue weighted by atomic mass is 28.4. The second kappa shape index (κ2) is 7.82. The Labute approximate surface area is 147 Å². The average Bonchev–Trinajstić information content (AvgIpc) is 2.55. The first-order chi connectivity index (χ1) is 11.4. The number of hydrogen-bond donors (Lipinski definition) is 0. The number of rotatable bonds is 7. The van der Waals surface area contributed by atoms with Crippen molar-refractivity contribution >= 4 is 18.7 Å². The molecule has 3 heteroatoms. The van der Waals surface area contributed by atoms with Crippen molar-refractivity contribution in [1.29, 1.82) is 0 Å². The highest BCUT2D eigenvalue weighted by Gasteiger charge is 2.49. The maximum absolute atomic E-state index is 6.69. The Balaban J connectivity index is 2.47. The fourth-order valence-corrected chi connectivity index (χ4v) is 7.72. The van der Waals surface area contributed by atoms with E-state index in [0.717, 1.165) is 5.76 Å². The molecular formula is C21H28O2Si. The van der Waals surface area contributed by atoms with E-state index in [1.807, 2.05) is 6.92 Å². The Kier molecular flexibility index (Phi) is 6.03. The quantitative estimate of drug-likeness (QED) is 0.429. The molecule has 0 fully saturated rings. The summed E-state index contributed by atoms with van der Waals surface area (Å²) in [7, 11) is -2.43. The molecule has 2 aromatic rings. The molecule has 0 unspecified atom stereocenters. The number of ether oxygens (including phenoxy) is 1. The van der Waals surface area contributed by atoms with E-state index in [1.54, 1.807) is 0 Å². The van der Waals surface area contributed by atoms with Crippen LogP contribution in [-0.2, 0) is 9.16 Å². The Morgan fingerprint density at radius 2 is 1.33 bits per heavy atom. The van der Waals surface area contributed by atoms with Gasteiger partial charge in [-0.15, -0.1) is 0 Å². The largest absolute Gasteiger partial charge is 0.497 e. The summed E-state index contributed by atoms with van der Waals surface area (Å²) < 4.78 is 12.2. The van der Waals surface area contributed by atoms with Gasteiger partial charge in [0, 0.05) is 0 Å². The topological polar surface area (TPSA) is 18.5 Å². The van der Waals surface area contributed by atoms with Gasteiger partial charge < -0.3 is 9.16 Å². The van der Waals surface area contributed by atoms with Gasteiger partial charge in [0.1, 0.15) is 6.61 Å². The molecule has 0 N–H and O–H groups in total. The Bertz CT molecular complexity index is 605. The molecule has 0 aliphatic carbocycles. The Morgan fingerprint density at radius 3 is 1.71 bits per heavy atom. The highest BCUT2D eigenvalue weighted by molar-refractivity contribution is 6.99. The number of allylic oxidation sites excluding steroid dienone is 1. The molecule has 0 saturated carbocycles. The van der Waals surface area contributed by atoms with Gasteiger partial charge in [-0.1, -0.05) is 88.0 Å². The minimum Gasteiger partial charge on any atom is -0.497 e. The Morgan fingerprint density at radius 1 is 0.875 bits per heavy atom. The zero-order valence-electron chi connectivity index (χ0n) is 15.2. The molecule has 0 atom stereocenters. The molecule has 0 amide bonds. The van der Waals surface area contributed by atoms with Crippen LogP contribution < -0.4 is 10.4 Å². The highest BCUT2D eigenvalue weighted by Crippen LogP contribution is 2.36.